The molecule has 9 heteroatoms. The van der Waals surface area contributed by atoms with E-state index in [1.807, 2.05) is 0 Å². The summed E-state index contributed by atoms with van der Waals surface area (Å²) in [5.41, 5.74) is -0.859. The molecule has 0 bridgehead atoms. The van der Waals surface area contributed by atoms with Crippen LogP contribution in [0.5, 0.6) is 5.88 Å². The normalized spacial score (nSPS) is 10.4. The van der Waals surface area contributed by atoms with Crippen LogP contribution in [0.2, 0.25) is 0 Å². The third-order valence-electron chi connectivity index (χ3n) is 2.31. The van der Waals surface area contributed by atoms with Crippen molar-refractivity contribution in [2.45, 2.75) is 19.8 Å². The molecule has 1 heterocycles. The molecule has 0 saturated heterocycles. The second-order valence-electron chi connectivity index (χ2n) is 3.61. The summed E-state index contributed by atoms with van der Waals surface area (Å²) in [5.74, 6) is -2.01. The van der Waals surface area contributed by atoms with E-state index in [0.29, 0.717) is 0 Å². The smallest absolute Gasteiger partial charge is 0.371 e. The number of hydrogen-bond acceptors (Lipinski definition) is 6. The summed E-state index contributed by atoms with van der Waals surface area (Å²) >= 11 is 0. The molecule has 0 aromatic carbocycles. The standard InChI is InChI=1S/C11H12F2N2O5/c1-3-20-8(16)5-6-4-7(9(12)13)11(19-2)14-10(6)15(17)18/h4,9H,3,5H2,1-2H3. The van der Waals surface area contributed by atoms with Crippen LogP contribution in [0.1, 0.15) is 24.5 Å². The van der Waals surface area contributed by atoms with Gasteiger partial charge >= 0.3 is 17.7 Å². The maximum absolute atomic E-state index is 12.8. The third-order valence-corrected chi connectivity index (χ3v) is 2.31. The first kappa shape index (κ1) is 15.7. The van der Waals surface area contributed by atoms with E-state index < -0.39 is 41.0 Å². The van der Waals surface area contributed by atoms with Gasteiger partial charge in [-0.25, -0.2) is 8.78 Å². The lowest BCUT2D eigenvalue weighted by Crippen LogP contribution is -2.11. The number of carbonyl (C=O) groups is 1. The predicted octanol–water partition coefficient (Wildman–Crippen LogP) is 2.04. The average Bonchev–Trinajstić information content (AvgIpc) is 2.37. The quantitative estimate of drug-likeness (QED) is 0.452. The van der Waals surface area contributed by atoms with Crippen LogP contribution >= 0.6 is 0 Å². The summed E-state index contributed by atoms with van der Waals surface area (Å²) in [7, 11) is 1.07. The van der Waals surface area contributed by atoms with Crippen molar-refractivity contribution < 1.29 is 28.0 Å². The number of halogens is 2. The highest BCUT2D eigenvalue weighted by atomic mass is 19.3. The van der Waals surface area contributed by atoms with E-state index in [1.165, 1.54) is 0 Å². The van der Waals surface area contributed by atoms with Crippen molar-refractivity contribution in [3.05, 3.63) is 27.3 Å². The first-order chi connectivity index (χ1) is 9.40. The van der Waals surface area contributed by atoms with Crippen molar-refractivity contribution in [1.29, 1.82) is 0 Å². The maximum Gasteiger partial charge on any atom is 0.371 e. The van der Waals surface area contributed by atoms with Gasteiger partial charge in [0.2, 0.25) is 0 Å². The van der Waals surface area contributed by atoms with Gasteiger partial charge in [-0.2, -0.15) is 0 Å². The summed E-state index contributed by atoms with van der Waals surface area (Å²) in [6.45, 7) is 1.64. The van der Waals surface area contributed by atoms with Gasteiger partial charge in [-0.15, -0.1) is 0 Å². The molecule has 0 aliphatic carbocycles. The minimum absolute atomic E-state index is 0.0813. The lowest BCUT2D eigenvalue weighted by atomic mass is 10.1. The van der Waals surface area contributed by atoms with E-state index in [9.17, 15) is 23.7 Å². The van der Waals surface area contributed by atoms with Gasteiger partial charge in [0.25, 0.3) is 6.43 Å². The number of esters is 1. The molecule has 0 spiro atoms. The fourth-order valence-corrected chi connectivity index (χ4v) is 1.52. The minimum Gasteiger partial charge on any atom is -0.466 e. The molecule has 0 N–H and O–H groups in total. The molecule has 7 nitrogen and oxygen atoms in total. The van der Waals surface area contributed by atoms with Gasteiger partial charge in [0, 0.05) is 4.98 Å². The number of rotatable bonds is 6. The molecule has 0 fully saturated rings. The Hall–Kier alpha value is -2.32. The Kier molecular flexibility index (Phi) is 5.30. The SMILES string of the molecule is CCOC(=O)Cc1cc(C(F)F)c(OC)nc1[N+](=O)[O-]. The number of aromatic nitrogens is 1. The van der Waals surface area contributed by atoms with Crippen molar-refractivity contribution in [2.24, 2.45) is 0 Å². The summed E-state index contributed by atoms with van der Waals surface area (Å²) in [4.78, 5) is 24.7. The minimum atomic E-state index is -2.93. The second-order valence-corrected chi connectivity index (χ2v) is 3.61. The number of ether oxygens (including phenoxy) is 2. The Morgan fingerprint density at radius 3 is 2.65 bits per heavy atom. The largest absolute Gasteiger partial charge is 0.466 e. The zero-order valence-electron chi connectivity index (χ0n) is 10.8. The summed E-state index contributed by atoms with van der Waals surface area (Å²) in [5, 5.41) is 10.9. The van der Waals surface area contributed by atoms with Crippen LogP contribution in [-0.4, -0.2) is 29.6 Å². The van der Waals surface area contributed by atoms with E-state index in [2.05, 4.69) is 14.5 Å². The van der Waals surface area contributed by atoms with Crippen molar-refractivity contribution >= 4 is 11.8 Å². The first-order valence-electron chi connectivity index (χ1n) is 5.56. The van der Waals surface area contributed by atoms with E-state index in [0.717, 1.165) is 13.2 Å². The topological polar surface area (TPSA) is 91.6 Å². The number of pyridine rings is 1. The van der Waals surface area contributed by atoms with Crippen molar-refractivity contribution in [3.8, 4) is 5.88 Å². The van der Waals surface area contributed by atoms with Crippen molar-refractivity contribution in [1.82, 2.24) is 4.98 Å². The molecule has 20 heavy (non-hydrogen) atoms. The highest BCUT2D eigenvalue weighted by molar-refractivity contribution is 5.74. The molecule has 1 rings (SSSR count). The van der Waals surface area contributed by atoms with Crippen LogP contribution in [-0.2, 0) is 16.0 Å². The Morgan fingerprint density at radius 2 is 2.20 bits per heavy atom. The molecular weight excluding hydrogens is 278 g/mol. The number of carbonyl (C=O) groups excluding carboxylic acids is 1. The molecule has 0 atom stereocenters. The lowest BCUT2D eigenvalue weighted by molar-refractivity contribution is -0.390. The molecule has 0 aliphatic heterocycles. The van der Waals surface area contributed by atoms with Crippen LogP contribution in [0.15, 0.2) is 6.07 Å². The number of methoxy groups -OCH3 is 1. The lowest BCUT2D eigenvalue weighted by Gasteiger charge is -2.07. The van der Waals surface area contributed by atoms with E-state index in [4.69, 9.17) is 0 Å². The van der Waals surface area contributed by atoms with Gasteiger partial charge in [0.1, 0.15) is 5.56 Å². The van der Waals surface area contributed by atoms with Gasteiger partial charge in [0.05, 0.1) is 25.7 Å². The Morgan fingerprint density at radius 1 is 1.55 bits per heavy atom. The molecule has 0 aliphatic rings. The first-order valence-corrected chi connectivity index (χ1v) is 5.56. The maximum atomic E-state index is 12.8. The highest BCUT2D eigenvalue weighted by Gasteiger charge is 2.28. The molecule has 1 aromatic rings. The van der Waals surface area contributed by atoms with Gasteiger partial charge in [-0.3, -0.25) is 4.79 Å². The molecule has 0 amide bonds. The molecule has 0 unspecified atom stereocenters. The van der Waals surface area contributed by atoms with E-state index >= 15 is 0 Å². The second kappa shape index (κ2) is 6.73. The Bertz CT molecular complexity index is 522. The monoisotopic (exact) mass is 290 g/mol. The van der Waals surface area contributed by atoms with Gasteiger partial charge in [-0.05, 0) is 17.9 Å². The van der Waals surface area contributed by atoms with Crippen LogP contribution in [0, 0.1) is 10.1 Å². The van der Waals surface area contributed by atoms with Crippen LogP contribution < -0.4 is 4.74 Å². The van der Waals surface area contributed by atoms with Gasteiger partial charge in [-0.1, -0.05) is 0 Å². The molecular formula is C11H12F2N2O5. The number of nitro groups is 1. The molecule has 0 radical (unpaired) electrons. The fraction of sp³-hybridized carbons (Fsp3) is 0.455. The third kappa shape index (κ3) is 3.59. The number of hydrogen-bond donors (Lipinski definition) is 0. The summed E-state index contributed by atoms with van der Waals surface area (Å²) < 4.78 is 34.8. The summed E-state index contributed by atoms with van der Waals surface area (Å²) in [6, 6.07) is 0.839. The Labute approximate surface area is 112 Å². The highest BCUT2D eigenvalue weighted by Crippen LogP contribution is 2.32. The average molecular weight is 290 g/mol. The Balaban J connectivity index is 3.28. The van der Waals surface area contributed by atoms with Gasteiger partial charge < -0.3 is 19.6 Å². The van der Waals surface area contributed by atoms with Crippen LogP contribution in [0.4, 0.5) is 14.6 Å². The zero-order valence-corrected chi connectivity index (χ0v) is 10.8. The molecule has 0 saturated carbocycles. The van der Waals surface area contributed by atoms with Crippen molar-refractivity contribution in [2.75, 3.05) is 13.7 Å². The summed E-state index contributed by atoms with van der Waals surface area (Å²) in [6.07, 6.45) is -3.44. The predicted molar refractivity (Wildman–Crippen MR) is 62.7 cm³/mol. The molecule has 110 valence electrons. The fourth-order valence-electron chi connectivity index (χ4n) is 1.52. The number of alkyl halides is 2. The van der Waals surface area contributed by atoms with E-state index in [1.54, 1.807) is 6.92 Å². The van der Waals surface area contributed by atoms with Crippen molar-refractivity contribution in [3.63, 3.8) is 0 Å². The van der Waals surface area contributed by atoms with Crippen LogP contribution in [0.25, 0.3) is 0 Å². The van der Waals surface area contributed by atoms with Crippen LogP contribution in [0.3, 0.4) is 0 Å². The molecule has 1 aromatic heterocycles. The number of nitrogens with zero attached hydrogens (tertiary/aromatic N) is 2. The zero-order chi connectivity index (χ0) is 15.3. The van der Waals surface area contributed by atoms with E-state index in [-0.39, 0.29) is 12.2 Å². The van der Waals surface area contributed by atoms with Gasteiger partial charge in [0.15, 0.2) is 0 Å².